The Morgan fingerprint density at radius 1 is 0.726 bits per heavy atom. The molecule has 1 unspecified atom stereocenters. The Balaban J connectivity index is 0.926. The number of hydrogen-bond donors (Lipinski definition) is 3. The van der Waals surface area contributed by atoms with E-state index in [0.29, 0.717) is 89.3 Å². The molecule has 5 aromatic rings. The van der Waals surface area contributed by atoms with Crippen molar-refractivity contribution in [3.8, 4) is 17.2 Å². The number of Topliss-reactive ketones (excluding diaryl/α,β-unsaturated/α-hetero) is 2. The first-order valence-corrected chi connectivity index (χ1v) is 25.6. The van der Waals surface area contributed by atoms with E-state index in [9.17, 15) is 33.9 Å². The number of amides is 4. The van der Waals surface area contributed by atoms with Crippen LogP contribution < -0.4 is 34.6 Å². The summed E-state index contributed by atoms with van der Waals surface area (Å²) in [5.74, 6) is -0.366. The SMILES string of the molecule is CCC(=O)CCCCC(=O)N[C@@H](C)C(=O)C[C@@H](C)C(=O)Nc1cc(COc2cc3c(cc2C)C(=O)N2c4ccccc4C[C@H]2C(O)C3)cc(COc2cc3c(cc2OC)C(=O)N2c4ccccc4C[C@H]2CC3)c1. The predicted octanol–water partition coefficient (Wildman–Crippen LogP) is 8.75. The van der Waals surface area contributed by atoms with Crippen molar-refractivity contribution in [3.05, 3.63) is 141 Å². The number of rotatable bonds is 19. The number of para-hydroxylation sites is 2. The standard InChI is InChI=1S/C59H64N4O10/c1-6-45(64)15-9-12-18-56(67)60-36(4)51(65)22-35(3)57(68)61-43-24-37(32-72-53-30-42-28-52(66)50-27-41-14-8-11-17-49(41)63(50)59(70)46(42)21-34(53)2)23-38(25-43)33-73-55-29-39-19-20-44-26-40-13-7-10-16-48(40)62(44)58(69)47(39)31-54(55)71-5/h7-8,10-11,13-14,16-17,21,23-25,29-31,35-36,44,50,52,66H,6,9,12,15,18-20,22,26-28,32-33H2,1-5H3,(H,60,67)(H,61,68)/t35-,36+,44-,50+,52?/m1/s1. The molecule has 4 aliphatic rings. The van der Waals surface area contributed by atoms with Crippen LogP contribution >= 0.6 is 0 Å². The van der Waals surface area contributed by atoms with Gasteiger partial charge in [-0.25, -0.2) is 0 Å². The van der Waals surface area contributed by atoms with Crippen molar-refractivity contribution in [2.24, 2.45) is 5.92 Å². The normalized spacial score (nSPS) is 18.1. The van der Waals surface area contributed by atoms with E-state index in [1.165, 1.54) is 5.56 Å². The fourth-order valence-electron chi connectivity index (χ4n) is 10.8. The van der Waals surface area contributed by atoms with Gasteiger partial charge in [-0.3, -0.25) is 28.8 Å². The molecule has 0 aromatic heterocycles. The maximum atomic E-state index is 14.1. The third-order valence-electron chi connectivity index (χ3n) is 14.8. The number of methoxy groups -OCH3 is 1. The van der Waals surface area contributed by atoms with Crippen molar-refractivity contribution < 1.29 is 48.1 Å². The van der Waals surface area contributed by atoms with Crippen LogP contribution in [0.2, 0.25) is 0 Å². The Labute approximate surface area is 426 Å². The summed E-state index contributed by atoms with van der Waals surface area (Å²) in [4.78, 5) is 83.2. The molecule has 380 valence electrons. The zero-order valence-electron chi connectivity index (χ0n) is 42.3. The summed E-state index contributed by atoms with van der Waals surface area (Å²) >= 11 is 0. The Kier molecular flexibility index (Phi) is 15.1. The lowest BCUT2D eigenvalue weighted by Crippen LogP contribution is -2.43. The summed E-state index contributed by atoms with van der Waals surface area (Å²) in [6.45, 7) is 7.08. The number of aliphatic hydroxyl groups is 1. The van der Waals surface area contributed by atoms with Crippen molar-refractivity contribution in [3.63, 3.8) is 0 Å². The molecule has 0 radical (unpaired) electrons. The van der Waals surface area contributed by atoms with Gasteiger partial charge in [0.15, 0.2) is 17.3 Å². The van der Waals surface area contributed by atoms with Gasteiger partial charge >= 0.3 is 0 Å². The van der Waals surface area contributed by atoms with Crippen LogP contribution in [0.1, 0.15) is 125 Å². The maximum Gasteiger partial charge on any atom is 0.258 e. The molecule has 0 spiro atoms. The lowest BCUT2D eigenvalue weighted by atomic mass is 9.96. The Hall–Kier alpha value is -7.32. The van der Waals surface area contributed by atoms with Crippen LogP contribution in [0.25, 0.3) is 0 Å². The first-order valence-electron chi connectivity index (χ1n) is 25.6. The monoisotopic (exact) mass is 988 g/mol. The van der Waals surface area contributed by atoms with Gasteiger partial charge in [0, 0.05) is 72.3 Å². The average Bonchev–Trinajstić information content (AvgIpc) is 3.90. The van der Waals surface area contributed by atoms with Gasteiger partial charge in [-0.05, 0) is 146 Å². The van der Waals surface area contributed by atoms with Crippen molar-refractivity contribution in [2.75, 3.05) is 22.2 Å². The van der Waals surface area contributed by atoms with Crippen molar-refractivity contribution in [1.82, 2.24) is 5.32 Å². The highest BCUT2D eigenvalue weighted by atomic mass is 16.5. The number of ether oxygens (including phenoxy) is 3. The number of ketones is 2. The number of carbonyl (C=O) groups excluding carboxylic acids is 6. The highest BCUT2D eigenvalue weighted by Crippen LogP contribution is 2.42. The zero-order chi connectivity index (χ0) is 51.5. The molecular weight excluding hydrogens is 925 g/mol. The number of aryl methyl sites for hydroxylation is 2. The summed E-state index contributed by atoms with van der Waals surface area (Å²) in [5, 5.41) is 17.2. The van der Waals surface area contributed by atoms with Crippen LogP contribution in [0, 0.1) is 12.8 Å². The van der Waals surface area contributed by atoms with E-state index < -0.39 is 24.0 Å². The number of nitrogens with zero attached hydrogens (tertiary/aromatic N) is 2. The molecule has 5 aromatic carbocycles. The van der Waals surface area contributed by atoms with Crippen LogP contribution in [-0.2, 0) is 58.1 Å². The van der Waals surface area contributed by atoms with Gasteiger partial charge in [0.25, 0.3) is 11.8 Å². The van der Waals surface area contributed by atoms with Crippen LogP contribution in [0.5, 0.6) is 17.2 Å². The zero-order valence-corrected chi connectivity index (χ0v) is 42.3. The second-order valence-corrected chi connectivity index (χ2v) is 20.0. The lowest BCUT2D eigenvalue weighted by molar-refractivity contribution is -0.129. The number of nitrogens with one attached hydrogen (secondary N) is 2. The van der Waals surface area contributed by atoms with Gasteiger partial charge in [-0.2, -0.15) is 0 Å². The first kappa shape index (κ1) is 50.6. The second kappa shape index (κ2) is 21.8. The molecule has 0 saturated carbocycles. The van der Waals surface area contributed by atoms with E-state index in [0.717, 1.165) is 40.9 Å². The van der Waals surface area contributed by atoms with Gasteiger partial charge in [0.05, 0.1) is 25.3 Å². The lowest BCUT2D eigenvalue weighted by Gasteiger charge is -2.26. The number of hydrogen-bond acceptors (Lipinski definition) is 10. The fourth-order valence-corrected chi connectivity index (χ4v) is 10.8. The van der Waals surface area contributed by atoms with Gasteiger partial charge in [0.2, 0.25) is 11.8 Å². The molecule has 4 amide bonds. The van der Waals surface area contributed by atoms with Gasteiger partial charge in [-0.15, -0.1) is 0 Å². The van der Waals surface area contributed by atoms with E-state index in [1.54, 1.807) is 44.1 Å². The molecule has 4 aliphatic heterocycles. The third-order valence-corrected chi connectivity index (χ3v) is 14.8. The minimum Gasteiger partial charge on any atom is -0.493 e. The van der Waals surface area contributed by atoms with E-state index in [1.807, 2.05) is 85.5 Å². The van der Waals surface area contributed by atoms with Crippen molar-refractivity contribution in [2.45, 2.75) is 136 Å². The Morgan fingerprint density at radius 3 is 2.07 bits per heavy atom. The molecule has 0 aliphatic carbocycles. The second-order valence-electron chi connectivity index (χ2n) is 20.0. The van der Waals surface area contributed by atoms with E-state index in [4.69, 9.17) is 14.2 Å². The molecule has 4 heterocycles. The van der Waals surface area contributed by atoms with Gasteiger partial charge < -0.3 is 39.8 Å². The number of benzene rings is 5. The molecule has 3 N–H and O–H groups in total. The van der Waals surface area contributed by atoms with E-state index in [2.05, 4.69) is 16.7 Å². The molecule has 0 saturated heterocycles. The Morgan fingerprint density at radius 2 is 1.36 bits per heavy atom. The van der Waals surface area contributed by atoms with Crippen LogP contribution in [0.15, 0.2) is 91.0 Å². The number of unbranched alkanes of at least 4 members (excludes halogenated alkanes) is 1. The molecule has 14 nitrogen and oxygen atoms in total. The average molecular weight is 989 g/mol. The van der Waals surface area contributed by atoms with Crippen LogP contribution in [-0.4, -0.2) is 71.6 Å². The highest BCUT2D eigenvalue weighted by Gasteiger charge is 2.42. The van der Waals surface area contributed by atoms with Crippen molar-refractivity contribution >= 4 is 52.3 Å². The third kappa shape index (κ3) is 10.9. The maximum absolute atomic E-state index is 14.1. The number of anilines is 3. The molecule has 9 rings (SSSR count). The molecular formula is C59H64N4O10. The minimum absolute atomic E-state index is 0.0562. The van der Waals surface area contributed by atoms with Crippen LogP contribution in [0.3, 0.4) is 0 Å². The molecule has 14 heteroatoms. The number of aliphatic hydroxyl groups excluding tert-OH is 1. The van der Waals surface area contributed by atoms with E-state index in [-0.39, 0.29) is 73.8 Å². The summed E-state index contributed by atoms with van der Waals surface area (Å²) < 4.78 is 18.8. The quantitative estimate of drug-likeness (QED) is 0.0677. The Bertz CT molecular complexity index is 2990. The summed E-state index contributed by atoms with van der Waals surface area (Å²) in [5.41, 5.74) is 9.20. The van der Waals surface area contributed by atoms with Gasteiger partial charge in [-0.1, -0.05) is 50.2 Å². The van der Waals surface area contributed by atoms with Crippen molar-refractivity contribution in [1.29, 1.82) is 0 Å². The topological polar surface area (TPSA) is 181 Å². The smallest absolute Gasteiger partial charge is 0.258 e. The highest BCUT2D eigenvalue weighted by molar-refractivity contribution is 6.10. The summed E-state index contributed by atoms with van der Waals surface area (Å²) in [7, 11) is 1.54. The molecule has 0 fully saturated rings. The largest absolute Gasteiger partial charge is 0.493 e. The molecule has 0 bridgehead atoms. The summed E-state index contributed by atoms with van der Waals surface area (Å²) in [6, 6.07) is 27.5. The minimum atomic E-state index is -0.798. The first-order chi connectivity index (χ1) is 35.2. The number of carbonyl (C=O) groups is 6. The van der Waals surface area contributed by atoms with Gasteiger partial charge in [0.1, 0.15) is 24.7 Å². The number of fused-ring (bicyclic) bond motifs is 8. The van der Waals surface area contributed by atoms with Crippen LogP contribution in [0.4, 0.5) is 17.1 Å². The van der Waals surface area contributed by atoms with E-state index >= 15 is 0 Å². The predicted molar refractivity (Wildman–Crippen MR) is 278 cm³/mol. The molecule has 5 atom stereocenters. The fraction of sp³-hybridized carbons (Fsp3) is 0.390. The molecule has 73 heavy (non-hydrogen) atoms. The summed E-state index contributed by atoms with van der Waals surface area (Å²) in [6.07, 6.45) is 4.46.